The SMILES string of the molecule is C=CS/N=C(\C)c1ccccc1. The summed E-state index contributed by atoms with van der Waals surface area (Å²) in [5.41, 5.74) is 2.19. The Morgan fingerprint density at radius 1 is 1.42 bits per heavy atom. The van der Waals surface area contributed by atoms with Crippen molar-refractivity contribution in [2.24, 2.45) is 4.40 Å². The van der Waals surface area contributed by atoms with Crippen molar-refractivity contribution >= 4 is 17.7 Å². The molecule has 1 aromatic carbocycles. The highest BCUT2D eigenvalue weighted by molar-refractivity contribution is 8.01. The Morgan fingerprint density at radius 2 is 2.08 bits per heavy atom. The lowest BCUT2D eigenvalue weighted by molar-refractivity contribution is 1.60. The second-order valence-electron chi connectivity index (χ2n) is 2.31. The summed E-state index contributed by atoms with van der Waals surface area (Å²) in [6.45, 7) is 5.57. The summed E-state index contributed by atoms with van der Waals surface area (Å²) in [7, 11) is 0. The van der Waals surface area contributed by atoms with Crippen molar-refractivity contribution in [1.82, 2.24) is 0 Å². The van der Waals surface area contributed by atoms with Crippen LogP contribution < -0.4 is 0 Å². The van der Waals surface area contributed by atoms with Gasteiger partial charge in [-0.1, -0.05) is 36.9 Å². The topological polar surface area (TPSA) is 12.4 Å². The van der Waals surface area contributed by atoms with Crippen LogP contribution in [0.5, 0.6) is 0 Å². The molecule has 0 fully saturated rings. The highest BCUT2D eigenvalue weighted by Gasteiger charge is 1.93. The van der Waals surface area contributed by atoms with Crippen molar-refractivity contribution in [1.29, 1.82) is 0 Å². The van der Waals surface area contributed by atoms with Crippen LogP contribution in [-0.4, -0.2) is 5.71 Å². The van der Waals surface area contributed by atoms with Crippen LogP contribution in [-0.2, 0) is 0 Å². The van der Waals surface area contributed by atoms with Crippen LogP contribution in [0.1, 0.15) is 12.5 Å². The zero-order valence-electron chi connectivity index (χ0n) is 7.03. The van der Waals surface area contributed by atoms with E-state index in [1.165, 1.54) is 11.9 Å². The van der Waals surface area contributed by atoms with Crippen molar-refractivity contribution in [2.45, 2.75) is 6.92 Å². The first kappa shape index (κ1) is 9.07. The van der Waals surface area contributed by atoms with E-state index >= 15 is 0 Å². The third-order valence-corrected chi connectivity index (χ3v) is 1.98. The molecule has 0 aliphatic carbocycles. The van der Waals surface area contributed by atoms with Gasteiger partial charge in [0, 0.05) is 11.9 Å². The van der Waals surface area contributed by atoms with E-state index in [4.69, 9.17) is 0 Å². The third-order valence-electron chi connectivity index (χ3n) is 1.46. The number of benzene rings is 1. The Kier molecular flexibility index (Phi) is 3.61. The van der Waals surface area contributed by atoms with Crippen LogP contribution in [0.3, 0.4) is 0 Å². The van der Waals surface area contributed by atoms with Gasteiger partial charge in [0.15, 0.2) is 0 Å². The van der Waals surface area contributed by atoms with Crippen LogP contribution in [0.25, 0.3) is 0 Å². The average Bonchev–Trinajstić information content (AvgIpc) is 2.15. The van der Waals surface area contributed by atoms with Crippen LogP contribution >= 0.6 is 11.9 Å². The van der Waals surface area contributed by atoms with Gasteiger partial charge in [-0.25, -0.2) is 4.40 Å². The molecule has 0 atom stereocenters. The van der Waals surface area contributed by atoms with Gasteiger partial charge in [-0.05, 0) is 17.9 Å². The fourth-order valence-electron chi connectivity index (χ4n) is 0.848. The fraction of sp³-hybridized carbons (Fsp3) is 0.100. The molecular weight excluding hydrogens is 166 g/mol. The molecule has 1 nitrogen and oxygen atoms in total. The Balaban J connectivity index is 2.77. The van der Waals surface area contributed by atoms with E-state index in [-0.39, 0.29) is 0 Å². The highest BCUT2D eigenvalue weighted by atomic mass is 32.2. The molecule has 1 aromatic rings. The van der Waals surface area contributed by atoms with Crippen LogP contribution in [0.4, 0.5) is 0 Å². The maximum absolute atomic E-state index is 4.23. The lowest BCUT2D eigenvalue weighted by atomic mass is 10.1. The number of hydrogen-bond donors (Lipinski definition) is 0. The summed E-state index contributed by atoms with van der Waals surface area (Å²) in [6.07, 6.45) is 0. The van der Waals surface area contributed by atoms with E-state index < -0.39 is 0 Å². The Hall–Kier alpha value is -1.02. The number of nitrogens with zero attached hydrogens (tertiary/aromatic N) is 1. The monoisotopic (exact) mass is 177 g/mol. The van der Waals surface area contributed by atoms with Gasteiger partial charge >= 0.3 is 0 Å². The zero-order valence-corrected chi connectivity index (χ0v) is 7.84. The Bertz CT molecular complexity index is 277. The average molecular weight is 177 g/mol. The summed E-state index contributed by atoms with van der Waals surface area (Å²) in [5, 5.41) is 1.71. The second-order valence-corrected chi connectivity index (χ2v) is 3.04. The molecule has 0 spiro atoms. The Morgan fingerprint density at radius 3 is 2.67 bits per heavy atom. The minimum atomic E-state index is 1.03. The first-order chi connectivity index (χ1) is 5.84. The van der Waals surface area contributed by atoms with Crippen LogP contribution in [0, 0.1) is 0 Å². The second kappa shape index (κ2) is 4.78. The molecule has 0 saturated heterocycles. The third kappa shape index (κ3) is 2.55. The van der Waals surface area contributed by atoms with Gasteiger partial charge in [0.25, 0.3) is 0 Å². The van der Waals surface area contributed by atoms with Crippen molar-refractivity contribution in [3.8, 4) is 0 Å². The maximum Gasteiger partial charge on any atom is 0.0532 e. The number of rotatable bonds is 3. The zero-order chi connectivity index (χ0) is 8.81. The molecule has 62 valence electrons. The van der Waals surface area contributed by atoms with Gasteiger partial charge in [0.2, 0.25) is 0 Å². The smallest absolute Gasteiger partial charge is 0.0532 e. The van der Waals surface area contributed by atoms with E-state index in [9.17, 15) is 0 Å². The van der Waals surface area contributed by atoms with Gasteiger partial charge in [-0.3, -0.25) is 0 Å². The van der Waals surface area contributed by atoms with Gasteiger partial charge in [0.1, 0.15) is 0 Å². The molecule has 2 heteroatoms. The number of hydrogen-bond acceptors (Lipinski definition) is 2. The largest absolute Gasteiger partial charge is 0.216 e. The van der Waals surface area contributed by atoms with Crippen molar-refractivity contribution in [2.75, 3.05) is 0 Å². The van der Waals surface area contributed by atoms with E-state index in [0.29, 0.717) is 0 Å². The van der Waals surface area contributed by atoms with Gasteiger partial charge in [-0.15, -0.1) is 0 Å². The molecule has 12 heavy (non-hydrogen) atoms. The predicted molar refractivity (Wildman–Crippen MR) is 56.4 cm³/mol. The van der Waals surface area contributed by atoms with E-state index in [2.05, 4.69) is 11.0 Å². The predicted octanol–water partition coefficient (Wildman–Crippen LogP) is 3.29. The van der Waals surface area contributed by atoms with E-state index in [0.717, 1.165) is 11.3 Å². The quantitative estimate of drug-likeness (QED) is 0.510. The van der Waals surface area contributed by atoms with Gasteiger partial charge in [-0.2, -0.15) is 0 Å². The van der Waals surface area contributed by atoms with Crippen molar-refractivity contribution in [3.05, 3.63) is 47.9 Å². The van der Waals surface area contributed by atoms with Crippen molar-refractivity contribution in [3.63, 3.8) is 0 Å². The molecule has 0 aromatic heterocycles. The van der Waals surface area contributed by atoms with Gasteiger partial charge in [0.05, 0.1) is 5.71 Å². The molecule has 0 aliphatic rings. The molecule has 0 radical (unpaired) electrons. The summed E-state index contributed by atoms with van der Waals surface area (Å²) in [6, 6.07) is 10.1. The van der Waals surface area contributed by atoms with Gasteiger partial charge < -0.3 is 0 Å². The first-order valence-corrected chi connectivity index (χ1v) is 4.55. The molecule has 0 bridgehead atoms. The highest BCUT2D eigenvalue weighted by Crippen LogP contribution is 2.07. The maximum atomic E-state index is 4.23. The van der Waals surface area contributed by atoms with Crippen LogP contribution in [0.15, 0.2) is 46.7 Å². The molecule has 0 heterocycles. The van der Waals surface area contributed by atoms with Crippen molar-refractivity contribution < 1.29 is 0 Å². The fourth-order valence-corrected chi connectivity index (χ4v) is 1.19. The molecule has 1 rings (SSSR count). The molecule has 0 saturated carbocycles. The summed E-state index contributed by atoms with van der Waals surface area (Å²) in [4.78, 5) is 0. The molecular formula is C10H11NS. The molecule has 0 unspecified atom stereocenters. The first-order valence-electron chi connectivity index (χ1n) is 3.71. The normalized spacial score (nSPS) is 11.2. The summed E-state index contributed by atoms with van der Waals surface area (Å²) < 4.78 is 4.23. The lowest BCUT2D eigenvalue weighted by Crippen LogP contribution is -1.91. The minimum absolute atomic E-state index is 1.03. The minimum Gasteiger partial charge on any atom is -0.216 e. The van der Waals surface area contributed by atoms with E-state index in [1.54, 1.807) is 5.41 Å². The standard InChI is InChI=1S/C10H11NS/c1-3-12-11-9(2)10-7-5-4-6-8-10/h3-8H,1H2,2H3/b11-9+. The molecule has 0 N–H and O–H groups in total. The summed E-state index contributed by atoms with van der Waals surface area (Å²) in [5.74, 6) is 0. The lowest BCUT2D eigenvalue weighted by Gasteiger charge is -1.97. The van der Waals surface area contributed by atoms with Crippen LogP contribution in [0.2, 0.25) is 0 Å². The Labute approximate surface area is 77.4 Å². The van der Waals surface area contributed by atoms with E-state index in [1.807, 2.05) is 37.3 Å². The molecule has 0 amide bonds. The molecule has 0 aliphatic heterocycles. The summed E-state index contributed by atoms with van der Waals surface area (Å²) >= 11 is 1.36.